The summed E-state index contributed by atoms with van der Waals surface area (Å²) >= 11 is 0. The average molecular weight is 263 g/mol. The molecule has 4 rings (SSSR count). The largest absolute Gasteiger partial charge is 0.255 e. The van der Waals surface area contributed by atoms with Crippen molar-refractivity contribution >= 4 is 21.8 Å². The lowest BCUT2D eigenvalue weighted by atomic mass is 10.1. The van der Waals surface area contributed by atoms with Gasteiger partial charge in [0.15, 0.2) is 0 Å². The molecule has 0 fully saturated rings. The van der Waals surface area contributed by atoms with Gasteiger partial charge in [0.25, 0.3) is 0 Å². The van der Waals surface area contributed by atoms with Crippen LogP contribution in [0.4, 0.5) is 4.39 Å². The Balaban J connectivity index is 2.09. The standard InChI is InChI=1S/C16H10FN3/c17-12-5-7-13(8-6-12)20-16-11(10-19-20)9-18-15-4-2-1-3-14(15)16/h1-10H. The van der Waals surface area contributed by atoms with Crippen LogP contribution in [0.5, 0.6) is 0 Å². The molecule has 2 heterocycles. The summed E-state index contributed by atoms with van der Waals surface area (Å²) in [5.41, 5.74) is 2.74. The van der Waals surface area contributed by atoms with Crippen LogP contribution in [-0.2, 0) is 0 Å². The molecule has 0 aliphatic rings. The molecule has 4 heteroatoms. The molecule has 2 aromatic carbocycles. The van der Waals surface area contributed by atoms with Crippen molar-refractivity contribution in [1.82, 2.24) is 14.8 Å². The first-order chi connectivity index (χ1) is 9.83. The fourth-order valence-corrected chi connectivity index (χ4v) is 2.43. The van der Waals surface area contributed by atoms with Crippen LogP contribution < -0.4 is 0 Å². The lowest BCUT2D eigenvalue weighted by Gasteiger charge is -2.05. The van der Waals surface area contributed by atoms with E-state index in [1.165, 1.54) is 12.1 Å². The van der Waals surface area contributed by atoms with E-state index in [-0.39, 0.29) is 5.82 Å². The second kappa shape index (κ2) is 4.13. The molecule has 0 amide bonds. The molecule has 20 heavy (non-hydrogen) atoms. The smallest absolute Gasteiger partial charge is 0.123 e. The second-order valence-corrected chi connectivity index (χ2v) is 4.61. The van der Waals surface area contributed by atoms with Gasteiger partial charge in [-0.1, -0.05) is 18.2 Å². The van der Waals surface area contributed by atoms with Gasteiger partial charge >= 0.3 is 0 Å². The quantitative estimate of drug-likeness (QED) is 0.524. The van der Waals surface area contributed by atoms with E-state index in [9.17, 15) is 4.39 Å². The lowest BCUT2D eigenvalue weighted by molar-refractivity contribution is 0.627. The molecule has 96 valence electrons. The van der Waals surface area contributed by atoms with E-state index in [4.69, 9.17) is 0 Å². The van der Waals surface area contributed by atoms with Gasteiger partial charge in [0.2, 0.25) is 0 Å². The SMILES string of the molecule is Fc1ccc(-n2ncc3cnc4ccccc4c32)cc1. The number of pyridine rings is 1. The summed E-state index contributed by atoms with van der Waals surface area (Å²) in [6, 6.07) is 14.2. The maximum absolute atomic E-state index is 13.1. The third-order valence-electron chi connectivity index (χ3n) is 3.37. The zero-order chi connectivity index (χ0) is 13.5. The highest BCUT2D eigenvalue weighted by molar-refractivity contribution is 6.03. The normalized spacial score (nSPS) is 11.2. The molecule has 3 nitrogen and oxygen atoms in total. The number of fused-ring (bicyclic) bond motifs is 3. The van der Waals surface area contributed by atoms with Crippen LogP contribution >= 0.6 is 0 Å². The molecule has 0 atom stereocenters. The molecule has 0 aliphatic heterocycles. The molecule has 0 N–H and O–H groups in total. The Hall–Kier alpha value is -2.75. The molecule has 2 aromatic heterocycles. The average Bonchev–Trinajstić information content (AvgIpc) is 2.92. The van der Waals surface area contributed by atoms with Gasteiger partial charge in [-0.25, -0.2) is 9.07 Å². The Morgan fingerprint density at radius 2 is 1.70 bits per heavy atom. The first-order valence-electron chi connectivity index (χ1n) is 6.30. The number of halogens is 1. The van der Waals surface area contributed by atoms with E-state index < -0.39 is 0 Å². The molecular formula is C16H10FN3. The van der Waals surface area contributed by atoms with Crippen molar-refractivity contribution in [2.24, 2.45) is 0 Å². The summed E-state index contributed by atoms with van der Waals surface area (Å²) in [5.74, 6) is -0.253. The van der Waals surface area contributed by atoms with Gasteiger partial charge in [0.1, 0.15) is 5.82 Å². The van der Waals surface area contributed by atoms with E-state index in [0.717, 1.165) is 27.5 Å². The number of hydrogen-bond acceptors (Lipinski definition) is 2. The first-order valence-corrected chi connectivity index (χ1v) is 6.30. The van der Waals surface area contributed by atoms with Crippen LogP contribution in [0.1, 0.15) is 0 Å². The van der Waals surface area contributed by atoms with Gasteiger partial charge in [-0.2, -0.15) is 5.10 Å². The fourth-order valence-electron chi connectivity index (χ4n) is 2.43. The lowest BCUT2D eigenvalue weighted by Crippen LogP contribution is -1.96. The second-order valence-electron chi connectivity index (χ2n) is 4.61. The fraction of sp³-hybridized carbons (Fsp3) is 0. The van der Waals surface area contributed by atoms with Crippen LogP contribution in [0.2, 0.25) is 0 Å². The van der Waals surface area contributed by atoms with Crippen molar-refractivity contribution in [1.29, 1.82) is 0 Å². The molecule has 0 spiro atoms. The van der Waals surface area contributed by atoms with Crippen molar-refractivity contribution in [3.63, 3.8) is 0 Å². The van der Waals surface area contributed by atoms with Crippen molar-refractivity contribution in [3.05, 3.63) is 66.7 Å². The van der Waals surface area contributed by atoms with E-state index in [1.807, 2.05) is 35.1 Å². The van der Waals surface area contributed by atoms with Crippen LogP contribution in [0.15, 0.2) is 60.9 Å². The monoisotopic (exact) mass is 263 g/mol. The van der Waals surface area contributed by atoms with Crippen molar-refractivity contribution in [2.45, 2.75) is 0 Å². The van der Waals surface area contributed by atoms with Crippen molar-refractivity contribution in [3.8, 4) is 5.69 Å². The number of aromatic nitrogens is 3. The summed E-state index contributed by atoms with van der Waals surface area (Å²) in [6.07, 6.45) is 3.59. The molecule has 0 bridgehead atoms. The van der Waals surface area contributed by atoms with Crippen LogP contribution in [0, 0.1) is 5.82 Å². The zero-order valence-electron chi connectivity index (χ0n) is 10.5. The minimum Gasteiger partial charge on any atom is -0.255 e. The summed E-state index contributed by atoms with van der Waals surface area (Å²) in [5, 5.41) is 6.40. The maximum Gasteiger partial charge on any atom is 0.123 e. The van der Waals surface area contributed by atoms with Crippen molar-refractivity contribution in [2.75, 3.05) is 0 Å². The molecule has 0 unspecified atom stereocenters. The molecule has 4 aromatic rings. The highest BCUT2D eigenvalue weighted by Gasteiger charge is 2.09. The Kier molecular flexibility index (Phi) is 2.29. The first kappa shape index (κ1) is 11.1. The molecular weight excluding hydrogens is 253 g/mol. The maximum atomic E-state index is 13.1. The van der Waals surface area contributed by atoms with Gasteiger partial charge in [0, 0.05) is 17.0 Å². The van der Waals surface area contributed by atoms with Crippen LogP contribution in [0.3, 0.4) is 0 Å². The molecule has 0 saturated heterocycles. The Morgan fingerprint density at radius 1 is 0.900 bits per heavy atom. The number of nitrogens with zero attached hydrogens (tertiary/aromatic N) is 3. The Labute approximate surface area is 114 Å². The Bertz CT molecular complexity index is 910. The minimum absolute atomic E-state index is 0.253. The highest BCUT2D eigenvalue weighted by Crippen LogP contribution is 2.25. The summed E-state index contributed by atoms with van der Waals surface area (Å²) in [7, 11) is 0. The Morgan fingerprint density at radius 3 is 2.55 bits per heavy atom. The third kappa shape index (κ3) is 1.58. The van der Waals surface area contributed by atoms with Crippen LogP contribution in [0.25, 0.3) is 27.5 Å². The van der Waals surface area contributed by atoms with E-state index in [1.54, 1.807) is 18.3 Å². The predicted molar refractivity (Wildman–Crippen MR) is 76.3 cm³/mol. The molecule has 0 saturated carbocycles. The topological polar surface area (TPSA) is 30.7 Å². The van der Waals surface area contributed by atoms with Gasteiger partial charge in [-0.15, -0.1) is 0 Å². The van der Waals surface area contributed by atoms with Crippen molar-refractivity contribution < 1.29 is 4.39 Å². The number of benzene rings is 2. The highest BCUT2D eigenvalue weighted by atomic mass is 19.1. The van der Waals surface area contributed by atoms with Gasteiger partial charge in [-0.05, 0) is 30.3 Å². The molecule has 0 aliphatic carbocycles. The summed E-state index contributed by atoms with van der Waals surface area (Å²) < 4.78 is 14.9. The number of rotatable bonds is 1. The van der Waals surface area contributed by atoms with Gasteiger partial charge < -0.3 is 0 Å². The molecule has 0 radical (unpaired) electrons. The number of hydrogen-bond donors (Lipinski definition) is 0. The number of para-hydroxylation sites is 1. The van der Waals surface area contributed by atoms with Gasteiger partial charge in [0.05, 0.1) is 22.9 Å². The summed E-state index contributed by atoms with van der Waals surface area (Å²) in [4.78, 5) is 4.42. The van der Waals surface area contributed by atoms with Gasteiger partial charge in [-0.3, -0.25) is 4.98 Å². The van der Waals surface area contributed by atoms with E-state index in [2.05, 4.69) is 10.1 Å². The predicted octanol–water partition coefficient (Wildman–Crippen LogP) is 3.71. The zero-order valence-corrected chi connectivity index (χ0v) is 10.5. The summed E-state index contributed by atoms with van der Waals surface area (Å²) in [6.45, 7) is 0. The van der Waals surface area contributed by atoms with Crippen LogP contribution in [-0.4, -0.2) is 14.8 Å². The van der Waals surface area contributed by atoms with E-state index in [0.29, 0.717) is 0 Å². The van der Waals surface area contributed by atoms with E-state index >= 15 is 0 Å². The minimum atomic E-state index is -0.253. The third-order valence-corrected chi connectivity index (χ3v) is 3.37.